The van der Waals surface area contributed by atoms with E-state index in [1.54, 1.807) is 0 Å². The highest BCUT2D eigenvalue weighted by Crippen LogP contribution is 2.12. The Kier molecular flexibility index (Phi) is 13.7. The summed E-state index contributed by atoms with van der Waals surface area (Å²) in [5.41, 5.74) is 0. The van der Waals surface area contributed by atoms with Crippen LogP contribution in [-0.4, -0.2) is 13.0 Å². The molecule has 0 atom stereocenters. The van der Waals surface area contributed by atoms with Crippen LogP contribution in [0.2, 0.25) is 0 Å². The van der Waals surface area contributed by atoms with Gasteiger partial charge in [-0.2, -0.15) is 8.42 Å². The van der Waals surface area contributed by atoms with Gasteiger partial charge in [0.05, 0.1) is 0 Å². The Labute approximate surface area is 130 Å². The summed E-state index contributed by atoms with van der Waals surface area (Å²) in [6.45, 7) is 2.24. The smallest absolute Gasteiger partial charge is 0.307 e. The summed E-state index contributed by atoms with van der Waals surface area (Å²) in [7, 11) is -4.42. The van der Waals surface area contributed by atoms with E-state index in [2.05, 4.69) is 17.0 Å². The summed E-state index contributed by atoms with van der Waals surface area (Å²) in [5, 5.41) is 0. The van der Waals surface area contributed by atoms with Crippen molar-refractivity contribution in [3.63, 3.8) is 0 Å². The molecule has 0 aromatic heterocycles. The fourth-order valence-electron chi connectivity index (χ4n) is 2.19. The molecule has 0 aromatic rings. The normalized spacial score (nSPS) is 11.0. The molecule has 0 aliphatic rings. The zero-order valence-corrected chi connectivity index (χ0v) is 14.1. The molecule has 0 aliphatic heterocycles. The highest BCUT2D eigenvalue weighted by atomic mass is 32.3. The zero-order chi connectivity index (χ0) is 15.8. The van der Waals surface area contributed by atoms with Crippen LogP contribution in [0.4, 0.5) is 0 Å². The minimum atomic E-state index is -4.42. The highest BCUT2D eigenvalue weighted by molar-refractivity contribution is 7.81. The molecule has 0 heterocycles. The largest absolute Gasteiger partial charge is 0.454 e. The Balaban J connectivity index is 3.16. The molecule has 0 fully saturated rings. The number of rotatable bonds is 13. The van der Waals surface area contributed by atoms with Crippen LogP contribution in [0.1, 0.15) is 90.4 Å². The lowest BCUT2D eigenvalue weighted by molar-refractivity contribution is 0.370. The van der Waals surface area contributed by atoms with Crippen LogP contribution in [0.5, 0.6) is 0 Å². The summed E-state index contributed by atoms with van der Waals surface area (Å²) in [6, 6.07) is 0. The maximum absolute atomic E-state index is 10.2. The van der Waals surface area contributed by atoms with Crippen molar-refractivity contribution in [2.24, 2.45) is 0 Å². The van der Waals surface area contributed by atoms with Crippen molar-refractivity contribution < 1.29 is 17.2 Å². The maximum atomic E-state index is 10.2. The van der Waals surface area contributed by atoms with Crippen molar-refractivity contribution >= 4 is 10.4 Å². The lowest BCUT2D eigenvalue weighted by Crippen LogP contribution is -1.97. The summed E-state index contributed by atoms with van der Waals surface area (Å²) in [4.78, 5) is 0. The Morgan fingerprint density at radius 2 is 1.24 bits per heavy atom. The van der Waals surface area contributed by atoms with Crippen molar-refractivity contribution in [2.45, 2.75) is 90.4 Å². The van der Waals surface area contributed by atoms with Crippen molar-refractivity contribution in [1.82, 2.24) is 0 Å². The molecule has 0 rings (SSSR count). The topological polar surface area (TPSA) is 63.6 Å². The van der Waals surface area contributed by atoms with Gasteiger partial charge in [0, 0.05) is 6.42 Å². The second-order valence-corrected chi connectivity index (χ2v) is 6.45. The van der Waals surface area contributed by atoms with Gasteiger partial charge < -0.3 is 4.18 Å². The molecule has 0 bridgehead atoms. The number of unbranched alkanes of at least 4 members (excludes halogenated alkanes) is 12. The third-order valence-corrected chi connectivity index (χ3v) is 3.67. The van der Waals surface area contributed by atoms with Gasteiger partial charge in [-0.05, 0) is 6.42 Å². The van der Waals surface area contributed by atoms with E-state index in [9.17, 15) is 8.42 Å². The van der Waals surface area contributed by atoms with Crippen molar-refractivity contribution in [2.75, 3.05) is 0 Å². The Morgan fingerprint density at radius 3 is 1.67 bits per heavy atom. The molecular weight excluding hydrogens is 288 g/mol. The Morgan fingerprint density at radius 1 is 0.810 bits per heavy atom. The van der Waals surface area contributed by atoms with Gasteiger partial charge in [0.25, 0.3) is 0 Å². The molecule has 21 heavy (non-hydrogen) atoms. The van der Waals surface area contributed by atoms with Crippen molar-refractivity contribution in [3.05, 3.63) is 0 Å². The van der Waals surface area contributed by atoms with E-state index >= 15 is 0 Å². The second-order valence-electron chi connectivity index (χ2n) is 5.43. The molecule has 0 spiro atoms. The summed E-state index contributed by atoms with van der Waals surface area (Å²) in [5.74, 6) is 2.57. The van der Waals surface area contributed by atoms with E-state index in [0.29, 0.717) is 6.42 Å². The molecule has 0 amide bonds. The SMILES string of the molecule is CCCCCCCCCCCCCCC#COS(=O)(=O)O. The monoisotopic (exact) mass is 318 g/mol. The lowest BCUT2D eigenvalue weighted by Gasteiger charge is -2.01. The van der Waals surface area contributed by atoms with Gasteiger partial charge in [0.2, 0.25) is 0 Å². The predicted octanol–water partition coefficient (Wildman–Crippen LogP) is 4.86. The van der Waals surface area contributed by atoms with Crippen molar-refractivity contribution in [1.29, 1.82) is 0 Å². The average molecular weight is 318 g/mol. The summed E-state index contributed by atoms with van der Waals surface area (Å²) < 4.78 is 32.6. The first kappa shape index (κ1) is 20.3. The molecule has 0 aliphatic carbocycles. The zero-order valence-electron chi connectivity index (χ0n) is 13.3. The van der Waals surface area contributed by atoms with Gasteiger partial charge >= 0.3 is 10.4 Å². The molecule has 0 saturated heterocycles. The number of hydrogen-bond donors (Lipinski definition) is 1. The van der Waals surface area contributed by atoms with Crippen LogP contribution in [0.15, 0.2) is 0 Å². The first-order valence-corrected chi connectivity index (χ1v) is 9.56. The molecule has 1 N–H and O–H groups in total. The van der Waals surface area contributed by atoms with Crippen LogP contribution in [-0.2, 0) is 14.6 Å². The van der Waals surface area contributed by atoms with Gasteiger partial charge in [0.1, 0.15) is 6.11 Å². The second kappa shape index (κ2) is 14.2. The molecule has 0 radical (unpaired) electrons. The van der Waals surface area contributed by atoms with Gasteiger partial charge in [-0.15, -0.1) is 0 Å². The number of hydrogen-bond acceptors (Lipinski definition) is 3. The first-order chi connectivity index (χ1) is 10.1. The van der Waals surface area contributed by atoms with E-state index in [-0.39, 0.29) is 0 Å². The van der Waals surface area contributed by atoms with Crippen LogP contribution in [0, 0.1) is 12.0 Å². The lowest BCUT2D eigenvalue weighted by atomic mass is 10.0. The maximum Gasteiger partial charge on any atom is 0.454 e. The fraction of sp³-hybridized carbons (Fsp3) is 0.875. The van der Waals surface area contributed by atoms with Gasteiger partial charge in [0.15, 0.2) is 0 Å². The van der Waals surface area contributed by atoms with Crippen LogP contribution in [0.3, 0.4) is 0 Å². The summed E-state index contributed by atoms with van der Waals surface area (Å²) >= 11 is 0. The van der Waals surface area contributed by atoms with E-state index in [1.165, 1.54) is 64.2 Å². The standard InChI is InChI=1S/C16H30O4S/c1-2-3-4-5-6-7-8-9-10-11-12-13-14-15-16-20-21(17,18)19/h2-14H2,1H3,(H,17,18,19). The van der Waals surface area contributed by atoms with E-state index < -0.39 is 10.4 Å². The predicted molar refractivity (Wildman–Crippen MR) is 86.1 cm³/mol. The van der Waals surface area contributed by atoms with E-state index in [1.807, 2.05) is 6.11 Å². The van der Waals surface area contributed by atoms with Gasteiger partial charge in [-0.25, -0.2) is 0 Å². The van der Waals surface area contributed by atoms with Gasteiger partial charge in [-0.3, -0.25) is 4.55 Å². The molecule has 5 heteroatoms. The van der Waals surface area contributed by atoms with Crippen LogP contribution < -0.4 is 0 Å². The summed E-state index contributed by atoms with van der Waals surface area (Å²) in [6.07, 6.45) is 18.0. The van der Waals surface area contributed by atoms with E-state index in [4.69, 9.17) is 4.55 Å². The molecule has 124 valence electrons. The van der Waals surface area contributed by atoms with Gasteiger partial charge in [-0.1, -0.05) is 83.5 Å². The Bertz CT molecular complexity index is 379. The third kappa shape index (κ3) is 19.3. The Hall–Kier alpha value is -0.730. The van der Waals surface area contributed by atoms with Crippen molar-refractivity contribution in [3.8, 4) is 12.0 Å². The fourth-order valence-corrected chi connectivity index (χ4v) is 2.35. The third-order valence-electron chi connectivity index (χ3n) is 3.37. The highest BCUT2D eigenvalue weighted by Gasteiger charge is 1.99. The van der Waals surface area contributed by atoms with E-state index in [0.717, 1.165) is 12.8 Å². The van der Waals surface area contributed by atoms with Crippen LogP contribution in [0.25, 0.3) is 0 Å². The molecule has 0 saturated carbocycles. The molecule has 0 aromatic carbocycles. The first-order valence-electron chi connectivity index (χ1n) is 8.20. The average Bonchev–Trinajstić information content (AvgIpc) is 2.42. The molecular formula is C16H30O4S. The minimum Gasteiger partial charge on any atom is -0.307 e. The quantitative estimate of drug-likeness (QED) is 0.299. The molecule has 4 nitrogen and oxygen atoms in total. The molecule has 0 unspecified atom stereocenters. The minimum absolute atomic E-state index is 0.604. The van der Waals surface area contributed by atoms with Crippen LogP contribution >= 0.6 is 0 Å².